The summed E-state index contributed by atoms with van der Waals surface area (Å²) in [6, 6.07) is 12.3. The van der Waals surface area contributed by atoms with E-state index in [2.05, 4.69) is 90.3 Å². The third-order valence-corrected chi connectivity index (χ3v) is 9.52. The fraction of sp³-hybridized carbons (Fsp3) is 0.667. The van der Waals surface area contributed by atoms with E-state index in [0.717, 1.165) is 62.1 Å². The molecule has 6 heteroatoms. The largest absolute Gasteiger partial charge is 0.462 e. The van der Waals surface area contributed by atoms with Gasteiger partial charge in [0, 0.05) is 47.8 Å². The first kappa shape index (κ1) is 31.0. The zero-order valence-corrected chi connectivity index (χ0v) is 27.1. The molecule has 42 heavy (non-hydrogen) atoms. The lowest BCUT2D eigenvalue weighted by molar-refractivity contribution is -0.159. The van der Waals surface area contributed by atoms with Crippen LogP contribution in [0.3, 0.4) is 0 Å². The molecule has 0 amide bonds. The molecule has 6 nitrogen and oxygen atoms in total. The fourth-order valence-corrected chi connectivity index (χ4v) is 8.62. The van der Waals surface area contributed by atoms with Gasteiger partial charge < -0.3 is 20.1 Å². The van der Waals surface area contributed by atoms with Gasteiger partial charge in [-0.25, -0.2) is 4.79 Å². The molecular weight excluding hydrogens is 524 g/mol. The molecule has 0 bridgehead atoms. The number of esters is 2. The van der Waals surface area contributed by atoms with Crippen molar-refractivity contribution in [2.45, 2.75) is 147 Å². The number of hydrogen-bond acceptors (Lipinski definition) is 6. The molecule has 5 rings (SSSR count). The predicted octanol–water partition coefficient (Wildman–Crippen LogP) is 7.43. The number of benzene rings is 2. The number of rotatable bonds is 5. The van der Waals surface area contributed by atoms with Crippen molar-refractivity contribution in [3.05, 3.63) is 47.5 Å². The van der Waals surface area contributed by atoms with Crippen molar-refractivity contribution in [3.63, 3.8) is 0 Å². The molecule has 2 aromatic rings. The molecule has 230 valence electrons. The summed E-state index contributed by atoms with van der Waals surface area (Å²) in [5.41, 5.74) is 1.53. The highest BCUT2D eigenvalue weighted by molar-refractivity contribution is 6.06. The van der Waals surface area contributed by atoms with Crippen LogP contribution in [0.1, 0.15) is 129 Å². The number of hydrogen-bond donors (Lipinski definition) is 2. The topological polar surface area (TPSA) is 76.7 Å². The molecule has 1 saturated carbocycles. The van der Waals surface area contributed by atoms with Crippen LogP contribution in [0.25, 0.3) is 10.8 Å². The first-order valence-electron chi connectivity index (χ1n) is 16.0. The Bertz CT molecular complexity index is 1280. The van der Waals surface area contributed by atoms with Crippen molar-refractivity contribution in [2.75, 3.05) is 0 Å². The van der Waals surface area contributed by atoms with Gasteiger partial charge in [-0.1, -0.05) is 30.3 Å². The summed E-state index contributed by atoms with van der Waals surface area (Å²) in [4.78, 5) is 27.0. The first-order valence-corrected chi connectivity index (χ1v) is 16.0. The van der Waals surface area contributed by atoms with Crippen LogP contribution in [0.2, 0.25) is 0 Å². The SMILES string of the molecule is CC1(C)CC(OC(=O)c2cccc3cccc(C4CCC(C(=O)OC5CC(C)(C)NC(C)(C)C5)CC4)c23)CC(C)(C)N1. The summed E-state index contributed by atoms with van der Waals surface area (Å²) in [6.07, 6.45) is 6.47. The van der Waals surface area contributed by atoms with Crippen molar-refractivity contribution in [1.82, 2.24) is 10.6 Å². The van der Waals surface area contributed by atoms with Gasteiger partial charge in [-0.2, -0.15) is 0 Å². The monoisotopic (exact) mass is 576 g/mol. The Morgan fingerprint density at radius 3 is 1.67 bits per heavy atom. The van der Waals surface area contributed by atoms with E-state index in [1.54, 1.807) is 0 Å². The maximum atomic E-state index is 13.7. The van der Waals surface area contributed by atoms with Crippen molar-refractivity contribution in [3.8, 4) is 0 Å². The van der Waals surface area contributed by atoms with Gasteiger partial charge >= 0.3 is 11.9 Å². The van der Waals surface area contributed by atoms with Crippen molar-refractivity contribution in [2.24, 2.45) is 5.92 Å². The third kappa shape index (κ3) is 7.19. The van der Waals surface area contributed by atoms with E-state index in [4.69, 9.17) is 9.47 Å². The molecule has 0 spiro atoms. The van der Waals surface area contributed by atoms with E-state index in [1.807, 2.05) is 12.1 Å². The zero-order chi connectivity index (χ0) is 30.5. The van der Waals surface area contributed by atoms with E-state index in [1.165, 1.54) is 5.56 Å². The van der Waals surface area contributed by atoms with Crippen LogP contribution in [0.5, 0.6) is 0 Å². The average molecular weight is 577 g/mol. The van der Waals surface area contributed by atoms with Gasteiger partial charge in [0.2, 0.25) is 0 Å². The van der Waals surface area contributed by atoms with Crippen LogP contribution in [-0.4, -0.2) is 46.3 Å². The molecule has 0 atom stereocenters. The van der Waals surface area contributed by atoms with E-state index in [0.29, 0.717) is 11.5 Å². The second kappa shape index (κ2) is 11.2. The highest BCUT2D eigenvalue weighted by atomic mass is 16.5. The molecule has 2 aromatic carbocycles. The first-order chi connectivity index (χ1) is 19.5. The quantitative estimate of drug-likeness (QED) is 0.361. The Morgan fingerprint density at radius 2 is 1.14 bits per heavy atom. The fourth-order valence-electron chi connectivity index (χ4n) is 8.62. The Hall–Kier alpha value is -2.44. The molecule has 0 unspecified atom stereocenters. The number of carbonyl (C=O) groups excluding carboxylic acids is 2. The summed E-state index contributed by atoms with van der Waals surface area (Å²) in [7, 11) is 0. The summed E-state index contributed by atoms with van der Waals surface area (Å²) in [5.74, 6) is -0.0489. The van der Waals surface area contributed by atoms with Crippen LogP contribution < -0.4 is 10.6 Å². The minimum atomic E-state index is -0.239. The summed E-state index contributed by atoms with van der Waals surface area (Å²) >= 11 is 0. The van der Waals surface area contributed by atoms with Crippen LogP contribution in [-0.2, 0) is 14.3 Å². The van der Waals surface area contributed by atoms with E-state index in [-0.39, 0.29) is 52.2 Å². The van der Waals surface area contributed by atoms with Gasteiger partial charge in [0.1, 0.15) is 12.2 Å². The van der Waals surface area contributed by atoms with E-state index >= 15 is 0 Å². The zero-order valence-electron chi connectivity index (χ0n) is 27.1. The standard InChI is InChI=1S/C36H52N2O4/c1-33(2)19-26(20-34(3,4)37-33)41-31(39)25-17-15-23(16-18-25)28-13-9-11-24-12-10-14-29(30(24)28)32(40)42-27-21-35(5,6)38-36(7,8)22-27/h9-14,23,25-27,37-38H,15-22H2,1-8H3. The summed E-state index contributed by atoms with van der Waals surface area (Å²) in [5, 5.41) is 9.40. The third-order valence-electron chi connectivity index (χ3n) is 9.52. The lowest BCUT2D eigenvalue weighted by Gasteiger charge is -2.46. The molecule has 2 saturated heterocycles. The molecule has 2 N–H and O–H groups in total. The van der Waals surface area contributed by atoms with Gasteiger partial charge in [-0.3, -0.25) is 4.79 Å². The second-order valence-electron chi connectivity index (χ2n) is 16.0. The van der Waals surface area contributed by atoms with Gasteiger partial charge in [-0.15, -0.1) is 0 Å². The minimum Gasteiger partial charge on any atom is -0.462 e. The highest BCUT2D eigenvalue weighted by Crippen LogP contribution is 2.41. The molecule has 0 radical (unpaired) electrons. The summed E-state index contributed by atoms with van der Waals surface area (Å²) < 4.78 is 12.3. The van der Waals surface area contributed by atoms with E-state index < -0.39 is 0 Å². The maximum Gasteiger partial charge on any atom is 0.339 e. The average Bonchev–Trinajstić information content (AvgIpc) is 2.84. The van der Waals surface area contributed by atoms with Crippen LogP contribution in [0, 0.1) is 5.92 Å². The van der Waals surface area contributed by atoms with Crippen molar-refractivity contribution in [1.29, 1.82) is 0 Å². The molecule has 0 aromatic heterocycles. The molecular formula is C36H52N2O4. The Kier molecular flexibility index (Phi) is 8.30. The Balaban J connectivity index is 1.28. The van der Waals surface area contributed by atoms with Crippen LogP contribution in [0.4, 0.5) is 0 Å². The number of fused-ring (bicyclic) bond motifs is 1. The summed E-state index contributed by atoms with van der Waals surface area (Å²) in [6.45, 7) is 17.4. The van der Waals surface area contributed by atoms with Crippen LogP contribution in [0.15, 0.2) is 36.4 Å². The van der Waals surface area contributed by atoms with E-state index in [9.17, 15) is 9.59 Å². The number of piperidine rings is 2. The second-order valence-corrected chi connectivity index (χ2v) is 16.0. The molecule has 3 aliphatic rings. The van der Waals surface area contributed by atoms with Gasteiger partial charge in [-0.05, 0) is 109 Å². The molecule has 2 aliphatic heterocycles. The lowest BCUT2D eigenvalue weighted by Crippen LogP contribution is -2.59. The molecule has 2 heterocycles. The Labute approximate surface area is 252 Å². The number of ether oxygens (including phenoxy) is 2. The Morgan fingerprint density at radius 1 is 0.667 bits per heavy atom. The number of carbonyl (C=O) groups is 2. The van der Waals surface area contributed by atoms with Crippen LogP contribution >= 0.6 is 0 Å². The van der Waals surface area contributed by atoms with Gasteiger partial charge in [0.15, 0.2) is 0 Å². The molecule has 1 aliphatic carbocycles. The minimum absolute atomic E-state index is 0.0399. The normalized spacial score (nSPS) is 27.3. The van der Waals surface area contributed by atoms with Gasteiger partial charge in [0.25, 0.3) is 0 Å². The predicted molar refractivity (Wildman–Crippen MR) is 169 cm³/mol. The van der Waals surface area contributed by atoms with Gasteiger partial charge in [0.05, 0.1) is 11.5 Å². The lowest BCUT2D eigenvalue weighted by atomic mass is 9.76. The number of nitrogens with one attached hydrogen (secondary N) is 2. The smallest absolute Gasteiger partial charge is 0.339 e. The van der Waals surface area contributed by atoms with Crippen molar-refractivity contribution < 1.29 is 19.1 Å². The van der Waals surface area contributed by atoms with Crippen molar-refractivity contribution >= 4 is 22.7 Å². The molecule has 3 fully saturated rings. The highest BCUT2D eigenvalue weighted by Gasteiger charge is 2.41. The maximum absolute atomic E-state index is 13.7.